The summed E-state index contributed by atoms with van der Waals surface area (Å²) in [5.41, 5.74) is 0. The number of ketones is 1. The zero-order chi connectivity index (χ0) is 9.84. The smallest absolute Gasteiger partial charge is 0.215 e. The maximum Gasteiger partial charge on any atom is 0.215 e. The fourth-order valence-electron chi connectivity index (χ4n) is 1.09. The number of carbonyl (C=O) groups is 1. The molecule has 0 bridgehead atoms. The minimum atomic E-state index is -0.568. The number of hydrogen-bond donors (Lipinski definition) is 0. The minimum absolute atomic E-state index is 0.197. The van der Waals surface area contributed by atoms with Crippen LogP contribution in [0, 0.1) is 17.2 Å². The van der Waals surface area contributed by atoms with Gasteiger partial charge in [0, 0.05) is 19.4 Å². The van der Waals surface area contributed by atoms with Crippen molar-refractivity contribution in [3.8, 4) is 6.07 Å². The molecule has 4 heteroatoms. The van der Waals surface area contributed by atoms with Crippen LogP contribution in [0.3, 0.4) is 0 Å². The molecule has 0 aliphatic rings. The summed E-state index contributed by atoms with van der Waals surface area (Å²) >= 11 is 0. The van der Waals surface area contributed by atoms with Crippen LogP contribution in [0.25, 0.3) is 0 Å². The summed E-state index contributed by atoms with van der Waals surface area (Å²) < 4.78 is 1.63. The Kier molecular flexibility index (Phi) is 2.80. The first-order valence-corrected chi connectivity index (χ1v) is 4.11. The second-order valence-electron chi connectivity index (χ2n) is 2.82. The Hall–Kier alpha value is -1.63. The van der Waals surface area contributed by atoms with E-state index in [0.717, 1.165) is 0 Å². The fraction of sp³-hybridized carbons (Fsp3) is 0.444. The van der Waals surface area contributed by atoms with Gasteiger partial charge in [-0.1, -0.05) is 6.92 Å². The number of aryl methyl sites for hydroxylation is 1. The van der Waals surface area contributed by atoms with E-state index in [0.29, 0.717) is 12.2 Å². The molecule has 1 rings (SSSR count). The van der Waals surface area contributed by atoms with Crippen molar-refractivity contribution in [2.24, 2.45) is 13.0 Å². The van der Waals surface area contributed by atoms with Crippen LogP contribution in [0.2, 0.25) is 0 Å². The number of nitrogens with zero attached hydrogens (tertiary/aromatic N) is 3. The predicted molar refractivity (Wildman–Crippen MR) is 46.9 cm³/mol. The summed E-state index contributed by atoms with van der Waals surface area (Å²) in [7, 11) is 1.74. The Morgan fingerprint density at radius 2 is 2.54 bits per heavy atom. The number of hydrogen-bond acceptors (Lipinski definition) is 3. The van der Waals surface area contributed by atoms with E-state index in [1.165, 1.54) is 0 Å². The highest BCUT2D eigenvalue weighted by Gasteiger charge is 2.20. The Labute approximate surface area is 76.8 Å². The van der Waals surface area contributed by atoms with Crippen molar-refractivity contribution >= 4 is 5.78 Å². The van der Waals surface area contributed by atoms with Crippen molar-refractivity contribution in [3.63, 3.8) is 0 Å². The lowest BCUT2D eigenvalue weighted by atomic mass is 10.0. The molecule has 0 saturated heterocycles. The van der Waals surface area contributed by atoms with Gasteiger partial charge in [-0.3, -0.25) is 4.79 Å². The number of rotatable bonds is 3. The summed E-state index contributed by atoms with van der Waals surface area (Å²) in [6.45, 7) is 1.81. The molecular weight excluding hydrogens is 166 g/mol. The molecule has 1 atom stereocenters. The SMILES string of the molecule is CCC(C#N)C(=O)c1nccn1C. The van der Waals surface area contributed by atoms with Gasteiger partial charge >= 0.3 is 0 Å². The first kappa shape index (κ1) is 9.46. The maximum atomic E-state index is 11.6. The maximum absolute atomic E-state index is 11.6. The van der Waals surface area contributed by atoms with Crippen LogP contribution in [0.4, 0.5) is 0 Å². The molecule has 0 amide bonds. The van der Waals surface area contributed by atoms with Crippen molar-refractivity contribution in [1.29, 1.82) is 5.26 Å². The van der Waals surface area contributed by atoms with E-state index in [9.17, 15) is 4.79 Å². The highest BCUT2D eigenvalue weighted by atomic mass is 16.1. The molecule has 0 radical (unpaired) electrons. The van der Waals surface area contributed by atoms with Crippen LogP contribution in [0.15, 0.2) is 12.4 Å². The van der Waals surface area contributed by atoms with Gasteiger partial charge in [0.1, 0.15) is 5.92 Å². The third-order valence-corrected chi connectivity index (χ3v) is 1.92. The molecule has 1 heterocycles. The molecule has 0 aromatic carbocycles. The Balaban J connectivity index is 2.92. The van der Waals surface area contributed by atoms with E-state index in [2.05, 4.69) is 4.98 Å². The number of Topliss-reactive ketones (excluding diaryl/α,β-unsaturated/α-hetero) is 1. The molecule has 1 aromatic heterocycles. The standard InChI is InChI=1S/C9H11N3O/c1-3-7(6-10)8(13)9-11-4-5-12(9)2/h4-5,7H,3H2,1-2H3. The molecule has 0 aliphatic carbocycles. The largest absolute Gasteiger partial charge is 0.332 e. The third-order valence-electron chi connectivity index (χ3n) is 1.92. The van der Waals surface area contributed by atoms with Crippen molar-refractivity contribution in [1.82, 2.24) is 9.55 Å². The van der Waals surface area contributed by atoms with Gasteiger partial charge in [-0.05, 0) is 6.42 Å². The molecule has 13 heavy (non-hydrogen) atoms. The van der Waals surface area contributed by atoms with Crippen LogP contribution in [0.5, 0.6) is 0 Å². The number of imidazole rings is 1. The zero-order valence-corrected chi connectivity index (χ0v) is 7.69. The predicted octanol–water partition coefficient (Wildman–Crippen LogP) is 1.15. The van der Waals surface area contributed by atoms with Crippen LogP contribution in [-0.4, -0.2) is 15.3 Å². The van der Waals surface area contributed by atoms with Crippen molar-refractivity contribution in [2.45, 2.75) is 13.3 Å². The monoisotopic (exact) mass is 177 g/mol. The van der Waals surface area contributed by atoms with Crippen molar-refractivity contribution in [3.05, 3.63) is 18.2 Å². The Morgan fingerprint density at radius 1 is 1.85 bits per heavy atom. The molecule has 0 aliphatic heterocycles. The van der Waals surface area contributed by atoms with Crippen LogP contribution < -0.4 is 0 Å². The number of carbonyl (C=O) groups excluding carboxylic acids is 1. The van der Waals surface area contributed by atoms with E-state index in [-0.39, 0.29) is 5.78 Å². The highest BCUT2D eigenvalue weighted by molar-refractivity contribution is 5.96. The van der Waals surface area contributed by atoms with Gasteiger partial charge in [-0.15, -0.1) is 0 Å². The van der Waals surface area contributed by atoms with Gasteiger partial charge in [0.25, 0.3) is 0 Å². The summed E-state index contributed by atoms with van der Waals surface area (Å²) in [4.78, 5) is 15.5. The van der Waals surface area contributed by atoms with Crippen LogP contribution in [-0.2, 0) is 7.05 Å². The average Bonchev–Trinajstić information content (AvgIpc) is 2.53. The van der Waals surface area contributed by atoms with E-state index in [4.69, 9.17) is 5.26 Å². The van der Waals surface area contributed by atoms with E-state index < -0.39 is 5.92 Å². The lowest BCUT2D eigenvalue weighted by Gasteiger charge is -2.03. The summed E-state index contributed by atoms with van der Waals surface area (Å²) in [6, 6.07) is 1.96. The normalized spacial score (nSPS) is 12.1. The van der Waals surface area contributed by atoms with Gasteiger partial charge in [-0.2, -0.15) is 5.26 Å². The molecule has 0 spiro atoms. The number of nitriles is 1. The quantitative estimate of drug-likeness (QED) is 0.651. The molecule has 0 N–H and O–H groups in total. The molecular formula is C9H11N3O. The molecule has 1 aromatic rings. The number of aromatic nitrogens is 2. The third kappa shape index (κ3) is 1.75. The molecule has 1 unspecified atom stereocenters. The summed E-state index contributed by atoms with van der Waals surface area (Å²) in [5.74, 6) is -0.410. The molecule has 0 saturated carbocycles. The second kappa shape index (κ2) is 3.85. The minimum Gasteiger partial charge on any atom is -0.332 e. The molecule has 0 fully saturated rings. The van der Waals surface area contributed by atoms with E-state index in [1.807, 2.05) is 13.0 Å². The van der Waals surface area contributed by atoms with Crippen molar-refractivity contribution in [2.75, 3.05) is 0 Å². The van der Waals surface area contributed by atoms with Gasteiger partial charge in [0.05, 0.1) is 6.07 Å². The summed E-state index contributed by atoms with van der Waals surface area (Å²) in [5, 5.41) is 8.68. The highest BCUT2D eigenvalue weighted by Crippen LogP contribution is 2.09. The lowest BCUT2D eigenvalue weighted by molar-refractivity contribution is 0.0933. The summed E-state index contributed by atoms with van der Waals surface area (Å²) in [6.07, 6.45) is 3.77. The van der Waals surface area contributed by atoms with Gasteiger partial charge < -0.3 is 4.57 Å². The average molecular weight is 177 g/mol. The van der Waals surface area contributed by atoms with Crippen molar-refractivity contribution < 1.29 is 4.79 Å². The molecule has 68 valence electrons. The molecule has 4 nitrogen and oxygen atoms in total. The Bertz CT molecular complexity index is 348. The van der Waals surface area contributed by atoms with Crippen LogP contribution >= 0.6 is 0 Å². The lowest BCUT2D eigenvalue weighted by Crippen LogP contribution is -2.16. The topological polar surface area (TPSA) is 58.7 Å². The zero-order valence-electron chi connectivity index (χ0n) is 7.69. The van der Waals surface area contributed by atoms with E-state index in [1.54, 1.807) is 24.0 Å². The van der Waals surface area contributed by atoms with Gasteiger partial charge in [-0.25, -0.2) is 4.98 Å². The Morgan fingerprint density at radius 3 is 2.92 bits per heavy atom. The van der Waals surface area contributed by atoms with Crippen LogP contribution in [0.1, 0.15) is 24.0 Å². The van der Waals surface area contributed by atoms with Gasteiger partial charge in [0.2, 0.25) is 5.78 Å². The van der Waals surface area contributed by atoms with Gasteiger partial charge in [0.15, 0.2) is 5.82 Å². The fourth-order valence-corrected chi connectivity index (χ4v) is 1.09. The first-order valence-electron chi connectivity index (χ1n) is 4.11. The van der Waals surface area contributed by atoms with E-state index >= 15 is 0 Å². The second-order valence-corrected chi connectivity index (χ2v) is 2.82. The first-order chi connectivity index (χ1) is 6.20.